The number of piperidine rings is 1. The van der Waals surface area contributed by atoms with Gasteiger partial charge in [-0.3, -0.25) is 9.69 Å². The number of rotatable bonds is 2. The number of carbonyl (C=O) groups is 1. The summed E-state index contributed by atoms with van der Waals surface area (Å²) < 4.78 is 35.4. The van der Waals surface area contributed by atoms with E-state index < -0.39 is 17.7 Å². The first kappa shape index (κ1) is 25.3. The molecule has 0 saturated carbocycles. The maximum absolute atomic E-state index is 11.8. The Labute approximate surface area is 179 Å². The van der Waals surface area contributed by atoms with E-state index in [2.05, 4.69) is 4.90 Å². The second-order valence-electron chi connectivity index (χ2n) is 6.46. The van der Waals surface area contributed by atoms with E-state index in [1.807, 2.05) is 18.2 Å². The number of alkyl halides is 3. The molecule has 2 aromatic carbocycles. The van der Waals surface area contributed by atoms with Gasteiger partial charge in [-0.25, -0.2) is 0 Å². The minimum Gasteiger partial charge on any atom is -0.481 e. The number of nitrogens with zero attached hydrogens (tertiary/aromatic N) is 1. The van der Waals surface area contributed by atoms with Crippen molar-refractivity contribution in [3.63, 3.8) is 0 Å². The lowest BCUT2D eigenvalue weighted by atomic mass is 10.1. The van der Waals surface area contributed by atoms with Gasteiger partial charge in [0.1, 0.15) is 0 Å². The Morgan fingerprint density at radius 3 is 2.07 bits per heavy atom. The predicted molar refractivity (Wildman–Crippen MR) is 110 cm³/mol. The van der Waals surface area contributed by atoms with Crippen molar-refractivity contribution >= 4 is 29.2 Å². The zero-order valence-electron chi connectivity index (χ0n) is 16.1. The summed E-state index contributed by atoms with van der Waals surface area (Å²) in [6.07, 6.45) is -0.239. The minimum atomic E-state index is -4.21. The van der Waals surface area contributed by atoms with Gasteiger partial charge in [-0.15, -0.1) is 0 Å². The van der Waals surface area contributed by atoms with E-state index in [1.54, 1.807) is 6.07 Å². The van der Waals surface area contributed by atoms with E-state index in [9.17, 15) is 13.2 Å². The third-order valence-electron chi connectivity index (χ3n) is 3.95. The highest BCUT2D eigenvalue weighted by Gasteiger charge is 2.29. The summed E-state index contributed by atoms with van der Waals surface area (Å²) in [5, 5.41) is 9.01. The lowest BCUT2D eigenvalue weighted by Gasteiger charge is -2.26. The molecule has 1 heterocycles. The van der Waals surface area contributed by atoms with Crippen LogP contribution in [0.4, 0.5) is 13.2 Å². The third-order valence-corrected chi connectivity index (χ3v) is 4.56. The van der Waals surface area contributed by atoms with Gasteiger partial charge in [0.25, 0.3) is 5.97 Å². The Kier molecular flexibility index (Phi) is 11.1. The fourth-order valence-corrected chi connectivity index (χ4v) is 3.02. The summed E-state index contributed by atoms with van der Waals surface area (Å²) in [5.41, 5.74) is 0.543. The highest BCUT2D eigenvalue weighted by Crippen LogP contribution is 2.28. The van der Waals surface area contributed by atoms with E-state index in [0.29, 0.717) is 0 Å². The van der Waals surface area contributed by atoms with Crippen LogP contribution in [-0.2, 0) is 17.5 Å². The highest BCUT2D eigenvalue weighted by molar-refractivity contribution is 6.33. The van der Waals surface area contributed by atoms with Gasteiger partial charge >= 0.3 is 6.18 Å². The lowest BCUT2D eigenvalue weighted by molar-refractivity contribution is -0.137. The average molecular weight is 450 g/mol. The Hall–Kier alpha value is -1.76. The molecule has 8 heteroatoms. The SMILES string of the molecule is CC(=O)O.Clc1ccc(Cl)c(CN2CCCCC2)c1.FC(F)(F)c1ccccc1. The molecular formula is C21H24Cl2F3NO2. The molecular weight excluding hydrogens is 426 g/mol. The summed E-state index contributed by atoms with van der Waals surface area (Å²) >= 11 is 12.1. The summed E-state index contributed by atoms with van der Waals surface area (Å²) in [4.78, 5) is 11.4. The lowest BCUT2D eigenvalue weighted by Crippen LogP contribution is -2.29. The number of halogens is 5. The molecule has 0 atom stereocenters. The molecule has 0 aromatic heterocycles. The van der Waals surface area contributed by atoms with Crippen molar-refractivity contribution in [3.8, 4) is 0 Å². The van der Waals surface area contributed by atoms with Gasteiger partial charge in [-0.05, 0) is 49.7 Å². The fraction of sp³-hybridized carbons (Fsp3) is 0.381. The highest BCUT2D eigenvalue weighted by atomic mass is 35.5. The van der Waals surface area contributed by atoms with Crippen LogP contribution in [0.5, 0.6) is 0 Å². The first-order chi connectivity index (χ1) is 13.6. The van der Waals surface area contributed by atoms with Crippen molar-refractivity contribution in [3.05, 3.63) is 69.7 Å². The van der Waals surface area contributed by atoms with Crippen LogP contribution in [-0.4, -0.2) is 29.1 Å². The Bertz CT molecular complexity index is 745. The Morgan fingerprint density at radius 1 is 1.03 bits per heavy atom. The smallest absolute Gasteiger partial charge is 0.416 e. The van der Waals surface area contributed by atoms with Gasteiger partial charge < -0.3 is 5.11 Å². The van der Waals surface area contributed by atoms with Crippen molar-refractivity contribution in [2.45, 2.75) is 38.9 Å². The van der Waals surface area contributed by atoms with E-state index >= 15 is 0 Å². The van der Waals surface area contributed by atoms with E-state index in [0.717, 1.165) is 41.2 Å². The molecule has 29 heavy (non-hydrogen) atoms. The molecule has 0 unspecified atom stereocenters. The third kappa shape index (κ3) is 11.1. The summed E-state index contributed by atoms with van der Waals surface area (Å²) in [6.45, 7) is 4.38. The molecule has 1 aliphatic rings. The number of hydrogen-bond donors (Lipinski definition) is 1. The van der Waals surface area contributed by atoms with Crippen molar-refractivity contribution in [1.82, 2.24) is 4.90 Å². The number of benzene rings is 2. The van der Waals surface area contributed by atoms with Crippen LogP contribution in [0.1, 0.15) is 37.3 Å². The average Bonchev–Trinajstić information content (AvgIpc) is 2.66. The second-order valence-corrected chi connectivity index (χ2v) is 7.30. The van der Waals surface area contributed by atoms with Crippen molar-refractivity contribution in [2.24, 2.45) is 0 Å². The van der Waals surface area contributed by atoms with E-state index in [-0.39, 0.29) is 0 Å². The molecule has 2 aromatic rings. The van der Waals surface area contributed by atoms with Crippen molar-refractivity contribution < 1.29 is 23.1 Å². The summed E-state index contributed by atoms with van der Waals surface area (Å²) in [7, 11) is 0. The predicted octanol–water partition coefficient (Wildman–Crippen LogP) is 6.78. The first-order valence-electron chi connectivity index (χ1n) is 9.07. The van der Waals surface area contributed by atoms with Crippen molar-refractivity contribution in [1.29, 1.82) is 0 Å². The molecule has 1 saturated heterocycles. The molecule has 0 spiro atoms. The molecule has 0 radical (unpaired) electrons. The maximum Gasteiger partial charge on any atom is 0.416 e. The molecule has 3 rings (SSSR count). The monoisotopic (exact) mass is 449 g/mol. The number of hydrogen-bond acceptors (Lipinski definition) is 2. The zero-order chi connectivity index (χ0) is 21.9. The largest absolute Gasteiger partial charge is 0.481 e. The van der Waals surface area contributed by atoms with Gasteiger partial charge in [0.2, 0.25) is 0 Å². The van der Waals surface area contributed by atoms with Gasteiger partial charge in [-0.2, -0.15) is 13.2 Å². The van der Waals surface area contributed by atoms with Gasteiger partial charge in [0, 0.05) is 23.5 Å². The van der Waals surface area contributed by atoms with Crippen LogP contribution in [0, 0.1) is 0 Å². The first-order valence-corrected chi connectivity index (χ1v) is 9.83. The van der Waals surface area contributed by atoms with Crippen LogP contribution in [0.25, 0.3) is 0 Å². The fourth-order valence-electron chi connectivity index (χ4n) is 2.65. The number of aliphatic carboxylic acids is 1. The summed E-state index contributed by atoms with van der Waals surface area (Å²) in [6, 6.07) is 12.0. The van der Waals surface area contributed by atoms with Crippen LogP contribution in [0.2, 0.25) is 10.0 Å². The molecule has 0 bridgehead atoms. The van der Waals surface area contributed by atoms with Crippen molar-refractivity contribution in [2.75, 3.05) is 13.1 Å². The second kappa shape index (κ2) is 12.7. The summed E-state index contributed by atoms with van der Waals surface area (Å²) in [5.74, 6) is -0.833. The maximum atomic E-state index is 11.8. The number of carboxylic acids is 1. The van der Waals surface area contributed by atoms with Gasteiger partial charge in [-0.1, -0.05) is 60.0 Å². The van der Waals surface area contributed by atoms with Crippen LogP contribution >= 0.6 is 23.2 Å². The molecule has 0 amide bonds. The molecule has 1 aliphatic heterocycles. The molecule has 1 fully saturated rings. The van der Waals surface area contributed by atoms with Crippen LogP contribution in [0.15, 0.2) is 48.5 Å². The normalized spacial score (nSPS) is 14.1. The standard InChI is InChI=1S/C12H15Cl2N.C7H5F3.C2H4O2/c13-11-4-5-12(14)10(8-11)9-15-6-2-1-3-7-15;8-7(9,10)6-4-2-1-3-5-6;1-2(3)4/h4-5,8H,1-3,6-7,9H2;1-5H;1H3,(H,3,4). The van der Waals surface area contributed by atoms with Gasteiger partial charge in [0.15, 0.2) is 0 Å². The molecule has 3 nitrogen and oxygen atoms in total. The molecule has 160 valence electrons. The molecule has 0 aliphatic carbocycles. The molecule has 1 N–H and O–H groups in total. The minimum absolute atomic E-state index is 0.602. The Morgan fingerprint density at radius 2 is 1.59 bits per heavy atom. The Balaban J connectivity index is 0.000000259. The van der Waals surface area contributed by atoms with Crippen LogP contribution < -0.4 is 0 Å². The topological polar surface area (TPSA) is 40.5 Å². The quantitative estimate of drug-likeness (QED) is 0.549. The van der Waals surface area contributed by atoms with E-state index in [1.165, 1.54) is 44.5 Å². The van der Waals surface area contributed by atoms with Gasteiger partial charge in [0.05, 0.1) is 5.56 Å². The zero-order valence-corrected chi connectivity index (χ0v) is 17.6. The number of likely N-dealkylation sites (tertiary alicyclic amines) is 1. The van der Waals surface area contributed by atoms with E-state index in [4.69, 9.17) is 33.1 Å². The number of carboxylic acid groups (broad SMARTS) is 1. The van der Waals surface area contributed by atoms with Crippen LogP contribution in [0.3, 0.4) is 0 Å².